The summed E-state index contributed by atoms with van der Waals surface area (Å²) in [6.45, 7) is 0.389. The molecule has 0 N–H and O–H groups in total. The van der Waals surface area contributed by atoms with Crippen LogP contribution in [0.4, 0.5) is 26.3 Å². The molecule has 0 aliphatic carbocycles. The van der Waals surface area contributed by atoms with E-state index in [1.165, 1.54) is 31.5 Å². The minimum Gasteiger partial charge on any atom is -0.324 e. The number of hydrogen-bond donors (Lipinski definition) is 0. The molecule has 155 valence electrons. The molecule has 3 aromatic rings. The van der Waals surface area contributed by atoms with Crippen molar-refractivity contribution in [3.8, 4) is 6.07 Å². The molecule has 1 heterocycles. The van der Waals surface area contributed by atoms with Gasteiger partial charge in [0.1, 0.15) is 6.54 Å². The number of rotatable bonds is 4. The van der Waals surface area contributed by atoms with Gasteiger partial charge in [0, 0.05) is 12.4 Å². The van der Waals surface area contributed by atoms with Crippen molar-refractivity contribution >= 4 is 12.7 Å². The summed E-state index contributed by atoms with van der Waals surface area (Å²) in [6.07, 6.45) is -3.55. The zero-order valence-corrected chi connectivity index (χ0v) is 15.5. The fraction of sp³-hybridized carbons (Fsp3) is 0.200. The Kier molecular flexibility index (Phi) is 7.69. The van der Waals surface area contributed by atoms with Gasteiger partial charge in [-0.3, -0.25) is 0 Å². The third kappa shape index (κ3) is 7.31. The van der Waals surface area contributed by atoms with Crippen LogP contribution in [0.3, 0.4) is 0 Å². The monoisotopic (exact) mass is 422 g/mol. The van der Waals surface area contributed by atoms with E-state index in [2.05, 4.69) is 4.98 Å². The van der Waals surface area contributed by atoms with Gasteiger partial charge < -0.3 is 4.57 Å². The van der Waals surface area contributed by atoms with Crippen LogP contribution in [-0.4, -0.2) is 16.8 Å². The second-order valence-electron chi connectivity index (χ2n) is 6.12. The minimum absolute atomic E-state index is 0.249. The van der Waals surface area contributed by atoms with Crippen LogP contribution in [0.2, 0.25) is 0 Å². The molecule has 0 unspecified atom stereocenters. The minimum atomic E-state index is -4.42. The van der Waals surface area contributed by atoms with Gasteiger partial charge in [-0.1, -0.05) is 47.4 Å². The smallest absolute Gasteiger partial charge is 0.324 e. The number of nitrogens with zero attached hydrogens (tertiary/aromatic N) is 3. The molecule has 0 spiro atoms. The number of benzene rings is 2. The van der Waals surface area contributed by atoms with E-state index in [0.29, 0.717) is 17.6 Å². The highest BCUT2D eigenvalue weighted by atomic mass is 19.4. The van der Waals surface area contributed by atoms with Crippen molar-refractivity contribution in [2.45, 2.75) is 25.2 Å². The second-order valence-corrected chi connectivity index (χ2v) is 6.12. The van der Waals surface area contributed by atoms with Crippen molar-refractivity contribution in [2.24, 2.45) is 0 Å². The molecule has 0 aliphatic rings. The largest absolute Gasteiger partial charge is 0.416 e. The lowest BCUT2D eigenvalue weighted by Crippen LogP contribution is -2.19. The van der Waals surface area contributed by atoms with E-state index >= 15 is 0 Å². The Labute approximate surface area is 169 Å². The topological polar surface area (TPSA) is 41.6 Å². The predicted molar refractivity (Wildman–Crippen MR) is 99.8 cm³/mol. The maximum atomic E-state index is 12.6. The Morgan fingerprint density at radius 2 is 1.60 bits per heavy atom. The molecule has 0 bridgehead atoms. The summed E-state index contributed by atoms with van der Waals surface area (Å²) in [5.41, 5.74) is -0.552. The summed E-state index contributed by atoms with van der Waals surface area (Å²) in [6, 6.07) is 11.3. The fourth-order valence-corrected chi connectivity index (χ4v) is 2.37. The first-order valence-electron chi connectivity index (χ1n) is 8.59. The van der Waals surface area contributed by atoms with Crippen LogP contribution in [-0.2, 0) is 25.2 Å². The molecule has 3 nitrogen and oxygen atoms in total. The van der Waals surface area contributed by atoms with Gasteiger partial charge in [-0.25, -0.2) is 4.98 Å². The van der Waals surface area contributed by atoms with E-state index in [1.54, 1.807) is 23.3 Å². The molecule has 0 saturated heterocycles. The van der Waals surface area contributed by atoms with Gasteiger partial charge in [-0.05, 0) is 18.5 Å². The van der Waals surface area contributed by atoms with Crippen LogP contribution in [0.1, 0.15) is 16.7 Å². The molecule has 0 saturated carbocycles. The average molecular weight is 422 g/mol. The van der Waals surface area contributed by atoms with Crippen molar-refractivity contribution in [2.75, 3.05) is 0 Å². The van der Waals surface area contributed by atoms with Crippen molar-refractivity contribution in [3.63, 3.8) is 0 Å². The summed E-state index contributed by atoms with van der Waals surface area (Å²) in [5.74, 6) is 0. The SMILES string of the molecule is FC(F)(F)c1ccc(C[B]c2cccc(C(F)(F)F)c2)cc1.N#CCn1ccnc1. The van der Waals surface area contributed by atoms with Gasteiger partial charge in [0.2, 0.25) is 0 Å². The third-order valence-electron chi connectivity index (χ3n) is 3.88. The number of alkyl halides is 6. The number of nitriles is 1. The lowest BCUT2D eigenvalue weighted by atomic mass is 9.65. The van der Waals surface area contributed by atoms with Gasteiger partial charge >= 0.3 is 12.4 Å². The van der Waals surface area contributed by atoms with Crippen molar-refractivity contribution in [1.29, 1.82) is 5.26 Å². The Morgan fingerprint density at radius 1 is 0.933 bits per heavy atom. The highest BCUT2D eigenvalue weighted by Crippen LogP contribution is 2.29. The average Bonchev–Trinajstić information content (AvgIpc) is 3.20. The molecular formula is C20H15BF6N3. The Hall–Kier alpha value is -3.22. The van der Waals surface area contributed by atoms with Crippen LogP contribution in [0.25, 0.3) is 0 Å². The molecule has 1 radical (unpaired) electrons. The van der Waals surface area contributed by atoms with E-state index in [0.717, 1.165) is 24.3 Å². The van der Waals surface area contributed by atoms with Crippen molar-refractivity contribution < 1.29 is 26.3 Å². The zero-order chi connectivity index (χ0) is 22.2. The lowest BCUT2D eigenvalue weighted by Gasteiger charge is -2.09. The molecule has 10 heteroatoms. The quantitative estimate of drug-likeness (QED) is 0.454. The maximum Gasteiger partial charge on any atom is 0.416 e. The summed E-state index contributed by atoms with van der Waals surface area (Å²) in [4.78, 5) is 3.75. The Balaban J connectivity index is 0.000000335. The highest BCUT2D eigenvalue weighted by molar-refractivity contribution is 6.52. The molecule has 3 rings (SSSR count). The van der Waals surface area contributed by atoms with Crippen molar-refractivity contribution in [3.05, 3.63) is 83.9 Å². The molecule has 0 amide bonds. The molecule has 1 aromatic heterocycles. The van der Waals surface area contributed by atoms with Crippen LogP contribution < -0.4 is 5.46 Å². The molecule has 0 aliphatic heterocycles. The molecule has 0 fully saturated rings. The van der Waals surface area contributed by atoms with Crippen LogP contribution in [0.15, 0.2) is 67.3 Å². The second kappa shape index (κ2) is 10.0. The van der Waals surface area contributed by atoms with E-state index in [-0.39, 0.29) is 6.32 Å². The summed E-state index contributed by atoms with van der Waals surface area (Å²) in [7, 11) is 1.54. The van der Waals surface area contributed by atoms with E-state index in [4.69, 9.17) is 5.26 Å². The number of imidazole rings is 1. The molecule has 30 heavy (non-hydrogen) atoms. The van der Waals surface area contributed by atoms with Gasteiger partial charge in [0.25, 0.3) is 0 Å². The van der Waals surface area contributed by atoms with Crippen molar-refractivity contribution in [1.82, 2.24) is 9.55 Å². The standard InChI is InChI=1S/C15H10BF6.C5H5N3/c17-14(18,19)11-6-4-10(5-7-11)9-16-13-3-1-2-12(8-13)15(20,21)22;6-1-3-8-4-2-7-5-8/h1-8H,9H2;2,4-5H,3H2. The molecule has 0 atom stereocenters. The van der Waals surface area contributed by atoms with Crippen LogP contribution in [0.5, 0.6) is 0 Å². The van der Waals surface area contributed by atoms with Gasteiger partial charge in [-0.15, -0.1) is 0 Å². The zero-order valence-electron chi connectivity index (χ0n) is 15.5. The predicted octanol–water partition coefficient (Wildman–Crippen LogP) is 4.66. The highest BCUT2D eigenvalue weighted by Gasteiger charge is 2.31. The van der Waals surface area contributed by atoms with Gasteiger partial charge in [0.05, 0.1) is 23.5 Å². The third-order valence-corrected chi connectivity index (χ3v) is 3.88. The fourth-order valence-electron chi connectivity index (χ4n) is 2.37. The summed E-state index contributed by atoms with van der Waals surface area (Å²) in [5, 5.41) is 8.14. The Morgan fingerprint density at radius 3 is 2.13 bits per heavy atom. The van der Waals surface area contributed by atoms with Crippen LogP contribution in [0, 0.1) is 11.3 Å². The first-order chi connectivity index (χ1) is 14.1. The van der Waals surface area contributed by atoms with E-state index in [9.17, 15) is 26.3 Å². The lowest BCUT2D eigenvalue weighted by molar-refractivity contribution is -0.138. The number of aromatic nitrogens is 2. The molecule has 2 aromatic carbocycles. The molecular weight excluding hydrogens is 407 g/mol. The normalized spacial score (nSPS) is 11.2. The first-order valence-corrected chi connectivity index (χ1v) is 8.59. The van der Waals surface area contributed by atoms with E-state index < -0.39 is 23.5 Å². The number of hydrogen-bond acceptors (Lipinski definition) is 2. The first kappa shape index (κ1) is 23.1. The number of halogens is 6. The van der Waals surface area contributed by atoms with Crippen LogP contribution >= 0.6 is 0 Å². The maximum absolute atomic E-state index is 12.6. The van der Waals surface area contributed by atoms with E-state index in [1.807, 2.05) is 6.07 Å². The van der Waals surface area contributed by atoms with Gasteiger partial charge in [0.15, 0.2) is 7.28 Å². The Bertz CT molecular complexity index is 958. The summed E-state index contributed by atoms with van der Waals surface area (Å²) < 4.78 is 76.6. The summed E-state index contributed by atoms with van der Waals surface area (Å²) >= 11 is 0. The van der Waals surface area contributed by atoms with Gasteiger partial charge in [-0.2, -0.15) is 31.6 Å².